The summed E-state index contributed by atoms with van der Waals surface area (Å²) in [5, 5.41) is 3.52. The van der Waals surface area contributed by atoms with E-state index in [-0.39, 0.29) is 18.4 Å². The van der Waals surface area contributed by atoms with Gasteiger partial charge in [-0.15, -0.1) is 11.3 Å². The molecule has 0 atom stereocenters. The van der Waals surface area contributed by atoms with Crippen LogP contribution in [0.1, 0.15) is 22.3 Å². The van der Waals surface area contributed by atoms with Gasteiger partial charge in [-0.1, -0.05) is 12.1 Å². The van der Waals surface area contributed by atoms with Gasteiger partial charge in [-0.25, -0.2) is 4.98 Å². The predicted octanol–water partition coefficient (Wildman–Crippen LogP) is 3.08. The molecule has 2 amide bonds. The molecule has 0 aliphatic rings. The minimum atomic E-state index is -0.292. The Kier molecular flexibility index (Phi) is 6.03. The Morgan fingerprint density at radius 1 is 1.15 bits per heavy atom. The van der Waals surface area contributed by atoms with Gasteiger partial charge in [0, 0.05) is 12.6 Å². The van der Waals surface area contributed by atoms with Gasteiger partial charge in [-0.05, 0) is 43.3 Å². The minimum absolute atomic E-state index is 0.0621. The fourth-order valence-corrected chi connectivity index (χ4v) is 3.56. The number of ether oxygens (including phenoxy) is 1. The molecule has 27 heavy (non-hydrogen) atoms. The number of nitrogens with one attached hydrogen (secondary N) is 1. The van der Waals surface area contributed by atoms with Gasteiger partial charge in [0.2, 0.25) is 5.91 Å². The summed E-state index contributed by atoms with van der Waals surface area (Å²) >= 11 is 1.57. The zero-order valence-electron chi connectivity index (χ0n) is 15.3. The molecule has 6 nitrogen and oxygen atoms in total. The van der Waals surface area contributed by atoms with Crippen molar-refractivity contribution in [3.63, 3.8) is 0 Å². The van der Waals surface area contributed by atoms with Crippen LogP contribution in [-0.2, 0) is 11.3 Å². The molecule has 0 fully saturated rings. The molecule has 1 heterocycles. The van der Waals surface area contributed by atoms with E-state index in [1.165, 1.54) is 0 Å². The van der Waals surface area contributed by atoms with Crippen LogP contribution < -0.4 is 10.1 Å². The fraction of sp³-hybridized carbons (Fsp3) is 0.250. The average Bonchev–Trinajstić information content (AvgIpc) is 3.08. The van der Waals surface area contributed by atoms with Crippen LogP contribution in [0.25, 0.3) is 10.2 Å². The molecular weight excluding hydrogens is 362 g/mol. The maximum Gasteiger partial charge on any atom is 0.251 e. The number of carbonyl (C=O) groups is 2. The third-order valence-electron chi connectivity index (χ3n) is 3.96. The van der Waals surface area contributed by atoms with E-state index >= 15 is 0 Å². The minimum Gasteiger partial charge on any atom is -0.494 e. The molecule has 3 aromatic rings. The van der Waals surface area contributed by atoms with E-state index in [0.29, 0.717) is 24.5 Å². The number of benzene rings is 2. The number of para-hydroxylation sites is 1. The highest BCUT2D eigenvalue weighted by atomic mass is 32.1. The van der Waals surface area contributed by atoms with Crippen molar-refractivity contribution in [3.8, 4) is 5.75 Å². The van der Waals surface area contributed by atoms with Crippen LogP contribution >= 0.6 is 11.3 Å². The van der Waals surface area contributed by atoms with Crippen molar-refractivity contribution >= 4 is 33.4 Å². The zero-order valence-corrected chi connectivity index (χ0v) is 16.1. The highest BCUT2D eigenvalue weighted by Gasteiger charge is 2.14. The van der Waals surface area contributed by atoms with Crippen molar-refractivity contribution in [3.05, 3.63) is 59.1 Å². The Hall–Kier alpha value is -2.93. The SMILES string of the molecule is CCOc1ccc(C(=O)NCC(=O)N(C)Cc2nc3ccccc3s2)cc1. The second-order valence-corrected chi connectivity index (χ2v) is 7.08. The molecular formula is C20H21N3O3S. The molecule has 0 aliphatic carbocycles. The van der Waals surface area contributed by atoms with Crippen LogP contribution in [0, 0.1) is 0 Å². The second kappa shape index (κ2) is 8.64. The topological polar surface area (TPSA) is 71.5 Å². The number of amides is 2. The quantitative estimate of drug-likeness (QED) is 0.681. The third-order valence-corrected chi connectivity index (χ3v) is 4.99. The first-order chi connectivity index (χ1) is 13.1. The number of likely N-dealkylation sites (N-methyl/N-ethyl adjacent to an activating group) is 1. The zero-order chi connectivity index (χ0) is 19.2. The van der Waals surface area contributed by atoms with Crippen molar-refractivity contribution in [1.82, 2.24) is 15.2 Å². The highest BCUT2D eigenvalue weighted by Crippen LogP contribution is 2.22. The first-order valence-electron chi connectivity index (χ1n) is 8.66. The normalized spacial score (nSPS) is 10.6. The highest BCUT2D eigenvalue weighted by molar-refractivity contribution is 7.18. The van der Waals surface area contributed by atoms with Gasteiger partial charge in [-0.3, -0.25) is 9.59 Å². The molecule has 0 bridgehead atoms. The lowest BCUT2D eigenvalue weighted by Gasteiger charge is -2.16. The van der Waals surface area contributed by atoms with Gasteiger partial charge < -0.3 is 15.0 Å². The summed E-state index contributed by atoms with van der Waals surface area (Å²) in [6, 6.07) is 14.7. The van der Waals surface area contributed by atoms with Crippen LogP contribution in [0.2, 0.25) is 0 Å². The first kappa shape index (κ1) is 18.8. The summed E-state index contributed by atoms with van der Waals surface area (Å²) < 4.78 is 6.45. The van der Waals surface area contributed by atoms with E-state index in [9.17, 15) is 9.59 Å². The van der Waals surface area contributed by atoms with E-state index in [2.05, 4.69) is 10.3 Å². The van der Waals surface area contributed by atoms with Crippen molar-refractivity contribution in [1.29, 1.82) is 0 Å². The molecule has 1 N–H and O–H groups in total. The summed E-state index contributed by atoms with van der Waals surface area (Å²) in [4.78, 5) is 30.6. The number of aromatic nitrogens is 1. The number of hydrogen-bond donors (Lipinski definition) is 1. The molecule has 0 saturated heterocycles. The Morgan fingerprint density at radius 2 is 1.89 bits per heavy atom. The van der Waals surface area contributed by atoms with E-state index < -0.39 is 0 Å². The maximum absolute atomic E-state index is 12.3. The number of carbonyl (C=O) groups excluding carboxylic acids is 2. The molecule has 0 spiro atoms. The lowest BCUT2D eigenvalue weighted by Crippen LogP contribution is -2.37. The summed E-state index contributed by atoms with van der Waals surface area (Å²) in [6.07, 6.45) is 0. The van der Waals surface area contributed by atoms with Gasteiger partial charge in [-0.2, -0.15) is 0 Å². The summed E-state index contributed by atoms with van der Waals surface area (Å²) in [6.45, 7) is 2.82. The standard InChI is InChI=1S/C20H21N3O3S/c1-3-26-15-10-8-14(9-11-15)20(25)21-12-19(24)23(2)13-18-22-16-6-4-5-7-17(16)27-18/h4-11H,3,12-13H2,1-2H3,(H,21,25). The lowest BCUT2D eigenvalue weighted by molar-refractivity contribution is -0.129. The van der Waals surface area contributed by atoms with Crippen molar-refractivity contribution in [2.45, 2.75) is 13.5 Å². The smallest absolute Gasteiger partial charge is 0.251 e. The van der Waals surface area contributed by atoms with Crippen LogP contribution in [0.5, 0.6) is 5.75 Å². The summed E-state index contributed by atoms with van der Waals surface area (Å²) in [5.41, 5.74) is 1.42. The van der Waals surface area contributed by atoms with E-state index in [4.69, 9.17) is 4.74 Å². The molecule has 1 aromatic heterocycles. The number of thiazole rings is 1. The Bertz CT molecular complexity index is 904. The first-order valence-corrected chi connectivity index (χ1v) is 9.48. The summed E-state index contributed by atoms with van der Waals surface area (Å²) in [7, 11) is 1.71. The third kappa shape index (κ3) is 4.83. The fourth-order valence-electron chi connectivity index (χ4n) is 2.54. The van der Waals surface area contributed by atoms with Crippen LogP contribution in [0.15, 0.2) is 48.5 Å². The van der Waals surface area contributed by atoms with Gasteiger partial charge in [0.25, 0.3) is 5.91 Å². The Labute approximate surface area is 161 Å². The van der Waals surface area contributed by atoms with Gasteiger partial charge in [0.1, 0.15) is 10.8 Å². The lowest BCUT2D eigenvalue weighted by atomic mass is 10.2. The molecule has 0 aliphatic heterocycles. The monoisotopic (exact) mass is 383 g/mol. The molecule has 140 valence electrons. The van der Waals surface area contributed by atoms with Gasteiger partial charge in [0.05, 0.1) is 29.9 Å². The molecule has 3 rings (SSSR count). The molecule has 2 aromatic carbocycles. The van der Waals surface area contributed by atoms with E-state index in [1.807, 2.05) is 31.2 Å². The van der Waals surface area contributed by atoms with E-state index in [0.717, 1.165) is 15.2 Å². The van der Waals surface area contributed by atoms with Crippen molar-refractivity contribution in [2.24, 2.45) is 0 Å². The second-order valence-electron chi connectivity index (χ2n) is 5.97. The van der Waals surface area contributed by atoms with E-state index in [1.54, 1.807) is 47.5 Å². The largest absolute Gasteiger partial charge is 0.494 e. The summed E-state index contributed by atoms with van der Waals surface area (Å²) in [5.74, 6) is 0.244. The maximum atomic E-state index is 12.3. The molecule has 0 saturated carbocycles. The van der Waals surface area contributed by atoms with Crippen LogP contribution in [0.3, 0.4) is 0 Å². The number of fused-ring (bicyclic) bond motifs is 1. The predicted molar refractivity (Wildman–Crippen MR) is 106 cm³/mol. The Balaban J connectivity index is 1.52. The average molecular weight is 383 g/mol. The number of nitrogens with zero attached hydrogens (tertiary/aromatic N) is 2. The van der Waals surface area contributed by atoms with Crippen LogP contribution in [0.4, 0.5) is 0 Å². The van der Waals surface area contributed by atoms with Gasteiger partial charge >= 0.3 is 0 Å². The molecule has 0 radical (unpaired) electrons. The van der Waals surface area contributed by atoms with Crippen LogP contribution in [-0.4, -0.2) is 41.9 Å². The number of rotatable bonds is 7. The van der Waals surface area contributed by atoms with Gasteiger partial charge in [0.15, 0.2) is 0 Å². The number of hydrogen-bond acceptors (Lipinski definition) is 5. The Morgan fingerprint density at radius 3 is 2.59 bits per heavy atom. The van der Waals surface area contributed by atoms with Crippen molar-refractivity contribution < 1.29 is 14.3 Å². The molecule has 0 unspecified atom stereocenters. The molecule has 7 heteroatoms. The van der Waals surface area contributed by atoms with Crippen molar-refractivity contribution in [2.75, 3.05) is 20.2 Å².